The first-order valence-corrected chi connectivity index (χ1v) is 6.93. The molecule has 1 heterocycles. The van der Waals surface area contributed by atoms with Crippen LogP contribution in [0, 0.1) is 23.0 Å². The summed E-state index contributed by atoms with van der Waals surface area (Å²) in [5, 5.41) is 8.76. The van der Waals surface area contributed by atoms with E-state index in [2.05, 4.69) is 0 Å². The standard InChI is InChI=1S/C17H14F2N2O/c1-22-16-4-2-3-12-10-21(6-5-13(12)16)17-14(18)7-11(9-20)8-15(17)19/h2-4,7-8H,5-6,10H2,1H3. The zero-order valence-electron chi connectivity index (χ0n) is 12.1. The fourth-order valence-corrected chi connectivity index (χ4v) is 2.89. The molecule has 0 spiro atoms. The van der Waals surface area contributed by atoms with Gasteiger partial charge in [0, 0.05) is 18.7 Å². The number of methoxy groups -OCH3 is 1. The highest BCUT2D eigenvalue weighted by molar-refractivity contribution is 5.55. The number of benzene rings is 2. The van der Waals surface area contributed by atoms with E-state index < -0.39 is 11.6 Å². The topological polar surface area (TPSA) is 36.3 Å². The van der Waals surface area contributed by atoms with Crippen molar-refractivity contribution in [3.8, 4) is 11.8 Å². The molecule has 1 aliphatic rings. The van der Waals surface area contributed by atoms with Gasteiger partial charge in [0.15, 0.2) is 11.6 Å². The lowest BCUT2D eigenvalue weighted by Crippen LogP contribution is -2.32. The molecule has 1 aliphatic heterocycles. The van der Waals surface area contributed by atoms with Gasteiger partial charge in [-0.25, -0.2) is 8.78 Å². The fraction of sp³-hybridized carbons (Fsp3) is 0.235. The maximum absolute atomic E-state index is 14.1. The molecule has 0 saturated carbocycles. The highest BCUT2D eigenvalue weighted by Crippen LogP contribution is 2.33. The number of nitriles is 1. The summed E-state index contributed by atoms with van der Waals surface area (Å²) < 4.78 is 33.6. The summed E-state index contributed by atoms with van der Waals surface area (Å²) in [5.41, 5.74) is 1.98. The summed E-state index contributed by atoms with van der Waals surface area (Å²) in [5.74, 6) is -0.608. The van der Waals surface area contributed by atoms with Crippen molar-refractivity contribution >= 4 is 5.69 Å². The van der Waals surface area contributed by atoms with Gasteiger partial charge >= 0.3 is 0 Å². The van der Waals surface area contributed by atoms with E-state index >= 15 is 0 Å². The van der Waals surface area contributed by atoms with E-state index in [-0.39, 0.29) is 11.3 Å². The summed E-state index contributed by atoms with van der Waals surface area (Å²) in [6.07, 6.45) is 0.651. The van der Waals surface area contributed by atoms with Crippen LogP contribution < -0.4 is 9.64 Å². The number of hydrogen-bond acceptors (Lipinski definition) is 3. The van der Waals surface area contributed by atoms with Gasteiger partial charge in [-0.05, 0) is 30.2 Å². The Balaban J connectivity index is 1.98. The molecular formula is C17H14F2N2O. The minimum Gasteiger partial charge on any atom is -0.496 e. The molecule has 2 aromatic rings. The molecule has 0 N–H and O–H groups in total. The third-order valence-corrected chi connectivity index (χ3v) is 3.91. The van der Waals surface area contributed by atoms with Crippen molar-refractivity contribution in [2.24, 2.45) is 0 Å². The van der Waals surface area contributed by atoms with E-state index in [4.69, 9.17) is 10.00 Å². The minimum atomic E-state index is -0.706. The molecule has 0 unspecified atom stereocenters. The summed E-state index contributed by atoms with van der Waals surface area (Å²) in [7, 11) is 1.61. The van der Waals surface area contributed by atoms with Crippen LogP contribution in [0.5, 0.6) is 5.75 Å². The molecule has 0 bridgehead atoms. The van der Waals surface area contributed by atoms with E-state index in [1.54, 1.807) is 18.1 Å². The first kappa shape index (κ1) is 14.3. The monoisotopic (exact) mass is 300 g/mol. The molecule has 0 radical (unpaired) electrons. The van der Waals surface area contributed by atoms with Crippen LogP contribution in [-0.4, -0.2) is 13.7 Å². The lowest BCUT2D eigenvalue weighted by molar-refractivity contribution is 0.407. The molecule has 0 aromatic heterocycles. The summed E-state index contributed by atoms with van der Waals surface area (Å²) in [6, 6.07) is 9.58. The van der Waals surface area contributed by atoms with Crippen LogP contribution in [0.1, 0.15) is 16.7 Å². The molecule has 2 aromatic carbocycles. The van der Waals surface area contributed by atoms with Crippen LogP contribution in [0.3, 0.4) is 0 Å². The van der Waals surface area contributed by atoms with Crippen LogP contribution in [0.2, 0.25) is 0 Å². The van der Waals surface area contributed by atoms with E-state index in [9.17, 15) is 8.78 Å². The Kier molecular flexibility index (Phi) is 3.68. The fourth-order valence-electron chi connectivity index (χ4n) is 2.89. The maximum Gasteiger partial charge on any atom is 0.150 e. The average molecular weight is 300 g/mol. The van der Waals surface area contributed by atoms with Gasteiger partial charge in [0.1, 0.15) is 11.4 Å². The van der Waals surface area contributed by atoms with Crippen LogP contribution in [0.25, 0.3) is 0 Å². The Morgan fingerprint density at radius 2 is 1.95 bits per heavy atom. The number of rotatable bonds is 2. The third kappa shape index (κ3) is 2.37. The quantitative estimate of drug-likeness (QED) is 0.853. The Labute approximate surface area is 127 Å². The SMILES string of the molecule is COc1cccc2c1CCN(c1c(F)cc(C#N)cc1F)C2. The lowest BCUT2D eigenvalue weighted by atomic mass is 9.98. The first-order chi connectivity index (χ1) is 10.6. The molecule has 0 atom stereocenters. The molecule has 0 saturated heterocycles. The van der Waals surface area contributed by atoms with Crippen molar-refractivity contribution in [2.45, 2.75) is 13.0 Å². The number of ether oxygens (including phenoxy) is 1. The molecule has 112 valence electrons. The lowest BCUT2D eigenvalue weighted by Gasteiger charge is -2.32. The number of nitrogens with zero attached hydrogens (tertiary/aromatic N) is 2. The smallest absolute Gasteiger partial charge is 0.150 e. The Morgan fingerprint density at radius 3 is 2.59 bits per heavy atom. The zero-order chi connectivity index (χ0) is 15.7. The van der Waals surface area contributed by atoms with Gasteiger partial charge in [-0.15, -0.1) is 0 Å². The number of anilines is 1. The molecule has 3 rings (SSSR count). The Bertz CT molecular complexity index is 745. The summed E-state index contributed by atoms with van der Waals surface area (Å²) >= 11 is 0. The van der Waals surface area contributed by atoms with Crippen molar-refractivity contribution in [3.05, 3.63) is 58.7 Å². The molecule has 5 heteroatoms. The molecule has 0 amide bonds. The second-order valence-corrected chi connectivity index (χ2v) is 5.17. The first-order valence-electron chi connectivity index (χ1n) is 6.93. The van der Waals surface area contributed by atoms with Gasteiger partial charge in [0.25, 0.3) is 0 Å². The van der Waals surface area contributed by atoms with E-state index in [1.165, 1.54) is 0 Å². The Hall–Kier alpha value is -2.61. The van der Waals surface area contributed by atoms with Crippen LogP contribution in [0.4, 0.5) is 14.5 Å². The molecule has 0 fully saturated rings. The molecule has 22 heavy (non-hydrogen) atoms. The van der Waals surface area contributed by atoms with Crippen molar-refractivity contribution in [1.29, 1.82) is 5.26 Å². The van der Waals surface area contributed by atoms with Gasteiger partial charge in [0.05, 0.1) is 18.7 Å². The Morgan fingerprint density at radius 1 is 1.23 bits per heavy atom. The maximum atomic E-state index is 14.1. The van der Waals surface area contributed by atoms with Gasteiger partial charge < -0.3 is 9.64 Å². The normalized spacial score (nSPS) is 13.5. The summed E-state index contributed by atoms with van der Waals surface area (Å²) in [4.78, 5) is 1.66. The van der Waals surface area contributed by atoms with Crippen LogP contribution >= 0.6 is 0 Å². The second-order valence-electron chi connectivity index (χ2n) is 5.17. The molecule has 0 aliphatic carbocycles. The van der Waals surface area contributed by atoms with Crippen LogP contribution in [0.15, 0.2) is 30.3 Å². The van der Waals surface area contributed by atoms with Crippen molar-refractivity contribution in [2.75, 3.05) is 18.6 Å². The van der Waals surface area contributed by atoms with Crippen molar-refractivity contribution < 1.29 is 13.5 Å². The second kappa shape index (κ2) is 5.64. The largest absolute Gasteiger partial charge is 0.496 e. The van der Waals surface area contributed by atoms with E-state index in [0.29, 0.717) is 19.5 Å². The minimum absolute atomic E-state index is 0.0159. The number of fused-ring (bicyclic) bond motifs is 1. The van der Waals surface area contributed by atoms with Crippen molar-refractivity contribution in [1.82, 2.24) is 0 Å². The third-order valence-electron chi connectivity index (χ3n) is 3.91. The predicted molar refractivity (Wildman–Crippen MR) is 78.8 cm³/mol. The van der Waals surface area contributed by atoms with Gasteiger partial charge in [-0.3, -0.25) is 0 Å². The van der Waals surface area contributed by atoms with Gasteiger partial charge in [-0.2, -0.15) is 5.26 Å². The predicted octanol–water partition coefficient (Wildman–Crippen LogP) is 3.41. The molecule has 3 nitrogen and oxygen atoms in total. The average Bonchev–Trinajstić information content (AvgIpc) is 2.53. The summed E-state index contributed by atoms with van der Waals surface area (Å²) in [6.45, 7) is 0.902. The van der Waals surface area contributed by atoms with E-state index in [0.717, 1.165) is 29.0 Å². The number of hydrogen-bond donors (Lipinski definition) is 0. The van der Waals surface area contributed by atoms with Gasteiger partial charge in [-0.1, -0.05) is 12.1 Å². The van der Waals surface area contributed by atoms with E-state index in [1.807, 2.05) is 18.2 Å². The highest BCUT2D eigenvalue weighted by Gasteiger charge is 2.24. The molecular weight excluding hydrogens is 286 g/mol. The van der Waals surface area contributed by atoms with Crippen molar-refractivity contribution in [3.63, 3.8) is 0 Å². The highest BCUT2D eigenvalue weighted by atomic mass is 19.1. The van der Waals surface area contributed by atoms with Crippen LogP contribution in [-0.2, 0) is 13.0 Å². The zero-order valence-corrected chi connectivity index (χ0v) is 12.1. The van der Waals surface area contributed by atoms with Gasteiger partial charge in [0.2, 0.25) is 0 Å². The number of halogens is 2.